The number of esters is 2. The average molecular weight is 768 g/mol. The first kappa shape index (κ1) is 51.0. The van der Waals surface area contributed by atoms with Gasteiger partial charge in [-0.05, 0) is 77.0 Å². The van der Waals surface area contributed by atoms with Crippen LogP contribution in [0.25, 0.3) is 0 Å². The standard InChI is InChI=1S/C43H78NO8P/c1-6-8-10-12-14-16-18-20-22-24-26-28-30-32-34-36-41(45)49-40-43(52-53(47,48)50-39-38-44(3,4)5)51-42(46)37-35-33-31-29-27-25-23-21-19-17-15-13-11-9-7-2/h14-17,20-23,43H,6-13,18-19,24-40H2,1-5H3/b16-14-,17-15-,22-20-,23-21-/t43-/m0/s1. The normalized spacial score (nSPS) is 14.2. The van der Waals surface area contributed by atoms with Gasteiger partial charge in [0, 0.05) is 12.8 Å². The Kier molecular flexibility index (Phi) is 34.3. The summed E-state index contributed by atoms with van der Waals surface area (Å²) in [5.74, 6) is -1.09. The minimum Gasteiger partial charge on any atom is -0.756 e. The molecule has 0 rings (SSSR count). The Morgan fingerprint density at radius 1 is 0.604 bits per heavy atom. The minimum absolute atomic E-state index is 0.0937. The van der Waals surface area contributed by atoms with Gasteiger partial charge in [-0.15, -0.1) is 0 Å². The maximum absolute atomic E-state index is 12.6. The lowest BCUT2D eigenvalue weighted by atomic mass is 10.1. The van der Waals surface area contributed by atoms with Gasteiger partial charge in [-0.3, -0.25) is 18.7 Å². The Balaban J connectivity index is 4.42. The number of rotatable bonds is 37. The molecule has 0 saturated carbocycles. The van der Waals surface area contributed by atoms with E-state index in [9.17, 15) is 19.0 Å². The van der Waals surface area contributed by atoms with Gasteiger partial charge < -0.3 is 23.4 Å². The van der Waals surface area contributed by atoms with E-state index in [1.807, 2.05) is 21.1 Å². The SMILES string of the molecule is CCCCC/C=C\C/C=C\CCCCCCCC(=O)OC[C@@H](OC(=O)CCCCCCC/C=C\C/C=C\CCCCC)OP(=O)([O-])OCC[N+](C)(C)C. The number of nitrogens with zero attached hydrogens (tertiary/aromatic N) is 1. The van der Waals surface area contributed by atoms with Crippen molar-refractivity contribution in [3.05, 3.63) is 48.6 Å². The monoisotopic (exact) mass is 768 g/mol. The van der Waals surface area contributed by atoms with Gasteiger partial charge in [0.15, 0.2) is 6.61 Å². The van der Waals surface area contributed by atoms with E-state index >= 15 is 0 Å². The lowest BCUT2D eigenvalue weighted by Crippen LogP contribution is -2.38. The summed E-state index contributed by atoms with van der Waals surface area (Å²) >= 11 is 0. The molecular weight excluding hydrogens is 689 g/mol. The molecule has 10 heteroatoms. The fourth-order valence-corrected chi connectivity index (χ4v) is 6.05. The van der Waals surface area contributed by atoms with Gasteiger partial charge in [-0.25, -0.2) is 0 Å². The lowest BCUT2D eigenvalue weighted by Gasteiger charge is -2.29. The van der Waals surface area contributed by atoms with Crippen molar-refractivity contribution in [1.29, 1.82) is 0 Å². The fourth-order valence-electron chi connectivity index (χ4n) is 5.29. The van der Waals surface area contributed by atoms with Crippen molar-refractivity contribution >= 4 is 19.8 Å². The molecule has 0 aliphatic carbocycles. The van der Waals surface area contributed by atoms with E-state index in [0.29, 0.717) is 23.9 Å². The van der Waals surface area contributed by atoms with Gasteiger partial charge in [0.1, 0.15) is 13.2 Å². The van der Waals surface area contributed by atoms with Crippen molar-refractivity contribution in [2.24, 2.45) is 0 Å². The van der Waals surface area contributed by atoms with E-state index in [1.54, 1.807) is 0 Å². The first-order chi connectivity index (χ1) is 25.5. The molecule has 1 unspecified atom stereocenters. The highest BCUT2D eigenvalue weighted by molar-refractivity contribution is 7.45. The minimum atomic E-state index is -4.81. The molecule has 0 amide bonds. The van der Waals surface area contributed by atoms with Crippen molar-refractivity contribution in [3.63, 3.8) is 0 Å². The van der Waals surface area contributed by atoms with Gasteiger partial charge in [0.25, 0.3) is 7.82 Å². The maximum atomic E-state index is 12.6. The largest absolute Gasteiger partial charge is 0.756 e. The smallest absolute Gasteiger partial charge is 0.308 e. The molecular formula is C43H78NO8P. The number of likely N-dealkylation sites (N-methyl/N-ethyl adjacent to an activating group) is 1. The van der Waals surface area contributed by atoms with Crippen LogP contribution in [0.4, 0.5) is 0 Å². The topological polar surface area (TPSA) is 111 Å². The van der Waals surface area contributed by atoms with E-state index in [4.69, 9.17) is 18.5 Å². The number of carbonyl (C=O) groups is 2. The lowest BCUT2D eigenvalue weighted by molar-refractivity contribution is -0.870. The molecule has 0 aromatic heterocycles. The number of hydrogen-bond acceptors (Lipinski definition) is 8. The van der Waals surface area contributed by atoms with Crippen LogP contribution in [-0.4, -0.2) is 63.6 Å². The molecule has 0 aliphatic rings. The number of allylic oxidation sites excluding steroid dienone is 8. The Morgan fingerprint density at radius 2 is 1.02 bits per heavy atom. The van der Waals surface area contributed by atoms with E-state index in [-0.39, 0.29) is 19.4 Å². The van der Waals surface area contributed by atoms with E-state index < -0.39 is 32.7 Å². The van der Waals surface area contributed by atoms with Crippen molar-refractivity contribution in [1.82, 2.24) is 0 Å². The Bertz CT molecular complexity index is 1050. The van der Waals surface area contributed by atoms with Crippen molar-refractivity contribution in [2.45, 2.75) is 174 Å². The van der Waals surface area contributed by atoms with Crippen LogP contribution in [0.1, 0.15) is 168 Å². The highest BCUT2D eigenvalue weighted by Crippen LogP contribution is 2.40. The molecule has 0 aromatic carbocycles. The van der Waals surface area contributed by atoms with Crippen LogP contribution in [0.15, 0.2) is 48.6 Å². The molecule has 9 nitrogen and oxygen atoms in total. The Labute approximate surface area is 324 Å². The first-order valence-corrected chi connectivity index (χ1v) is 22.3. The summed E-state index contributed by atoms with van der Waals surface area (Å²) in [6.07, 6.45) is 40.2. The van der Waals surface area contributed by atoms with Gasteiger partial charge >= 0.3 is 11.9 Å². The van der Waals surface area contributed by atoms with E-state index in [0.717, 1.165) is 77.0 Å². The summed E-state index contributed by atoms with van der Waals surface area (Å²) in [6.45, 7) is 4.26. The number of unbranched alkanes of at least 4 members (excludes halogenated alkanes) is 16. The van der Waals surface area contributed by atoms with Gasteiger partial charge in [0.2, 0.25) is 6.29 Å². The van der Waals surface area contributed by atoms with Crippen molar-refractivity contribution < 1.29 is 42.1 Å². The third-order valence-corrected chi connectivity index (χ3v) is 9.56. The van der Waals surface area contributed by atoms with Gasteiger partial charge in [-0.1, -0.05) is 127 Å². The predicted molar refractivity (Wildman–Crippen MR) is 217 cm³/mol. The highest BCUT2D eigenvalue weighted by Gasteiger charge is 2.24. The van der Waals surface area contributed by atoms with Crippen LogP contribution in [-0.2, 0) is 32.7 Å². The van der Waals surface area contributed by atoms with Crippen LogP contribution in [0.2, 0.25) is 0 Å². The molecule has 53 heavy (non-hydrogen) atoms. The third kappa shape index (κ3) is 39.5. The zero-order chi connectivity index (χ0) is 39.3. The van der Waals surface area contributed by atoms with Gasteiger partial charge in [0.05, 0.1) is 21.1 Å². The number of hydrogen-bond donors (Lipinski definition) is 0. The molecule has 0 spiro atoms. The molecule has 0 heterocycles. The predicted octanol–water partition coefficient (Wildman–Crippen LogP) is 11.2. The number of quaternary nitrogens is 1. The van der Waals surface area contributed by atoms with Crippen LogP contribution in [0.3, 0.4) is 0 Å². The van der Waals surface area contributed by atoms with Crippen LogP contribution in [0, 0.1) is 0 Å². The number of phosphoric acid groups is 1. The Hall–Kier alpha value is -2.03. The summed E-state index contributed by atoms with van der Waals surface area (Å²) in [7, 11) is 0.910. The number of carbonyl (C=O) groups excluding carboxylic acids is 2. The van der Waals surface area contributed by atoms with E-state index in [1.165, 1.54) is 51.4 Å². The summed E-state index contributed by atoms with van der Waals surface area (Å²) < 4.78 is 33.7. The molecule has 2 atom stereocenters. The molecule has 0 saturated heterocycles. The Morgan fingerprint density at radius 3 is 1.47 bits per heavy atom. The van der Waals surface area contributed by atoms with E-state index in [2.05, 4.69) is 62.5 Å². The number of ether oxygens (including phenoxy) is 2. The third-order valence-electron chi connectivity index (χ3n) is 8.56. The van der Waals surface area contributed by atoms with Crippen LogP contribution >= 0.6 is 7.82 Å². The van der Waals surface area contributed by atoms with Crippen molar-refractivity contribution in [3.8, 4) is 0 Å². The van der Waals surface area contributed by atoms with Crippen LogP contribution < -0.4 is 4.89 Å². The molecule has 0 aromatic rings. The highest BCUT2D eigenvalue weighted by atomic mass is 31.2. The second-order valence-corrected chi connectivity index (χ2v) is 16.3. The van der Waals surface area contributed by atoms with Crippen LogP contribution in [0.5, 0.6) is 0 Å². The second-order valence-electron chi connectivity index (χ2n) is 15.0. The zero-order valence-corrected chi connectivity index (χ0v) is 35.3. The molecule has 308 valence electrons. The molecule has 0 bridgehead atoms. The summed E-state index contributed by atoms with van der Waals surface area (Å²) in [5.41, 5.74) is 0. The quantitative estimate of drug-likeness (QED) is 0.0153. The van der Waals surface area contributed by atoms with Gasteiger partial charge in [-0.2, -0.15) is 0 Å². The zero-order valence-electron chi connectivity index (χ0n) is 34.4. The summed E-state index contributed by atoms with van der Waals surface area (Å²) in [6, 6.07) is 0. The first-order valence-electron chi connectivity index (χ1n) is 20.9. The van der Waals surface area contributed by atoms with Crippen molar-refractivity contribution in [2.75, 3.05) is 40.9 Å². The summed E-state index contributed by atoms with van der Waals surface area (Å²) in [5, 5.41) is 0. The number of phosphoric ester groups is 1. The molecule has 0 aliphatic heterocycles. The average Bonchev–Trinajstić information content (AvgIpc) is 3.09. The molecule has 0 N–H and O–H groups in total. The summed E-state index contributed by atoms with van der Waals surface area (Å²) in [4.78, 5) is 37.5. The maximum Gasteiger partial charge on any atom is 0.308 e. The second kappa shape index (κ2) is 35.7. The molecule has 0 radical (unpaired) electrons. The fraction of sp³-hybridized carbons (Fsp3) is 0.767. The molecule has 0 fully saturated rings.